The number of rotatable bonds is 13. The number of hydrogen-bond donors (Lipinski definition) is 2. The molecule has 1 fully saturated rings. The second kappa shape index (κ2) is 17.1. The number of aliphatic imine (C=N–C) groups is 2. The molecule has 0 aromatic heterocycles. The highest BCUT2D eigenvalue weighted by Gasteiger charge is 2.35. The Morgan fingerprint density at radius 2 is 1.37 bits per heavy atom. The van der Waals surface area contributed by atoms with Crippen LogP contribution < -0.4 is 29.2 Å². The van der Waals surface area contributed by atoms with Crippen LogP contribution in [0.3, 0.4) is 0 Å². The average Bonchev–Trinajstić information content (AvgIpc) is 3.81. The lowest BCUT2D eigenvalue weighted by molar-refractivity contribution is 0.0809. The Morgan fingerprint density at radius 3 is 1.95 bits per heavy atom. The minimum absolute atomic E-state index is 0.146. The zero-order valence-electron chi connectivity index (χ0n) is 33.3. The fraction of sp³-hybridized carbons (Fsp3) is 0.341. The van der Waals surface area contributed by atoms with Crippen LogP contribution in [0.25, 0.3) is 5.57 Å². The van der Waals surface area contributed by atoms with Crippen LogP contribution in [0.2, 0.25) is 0 Å². The standard InChI is InChI=1S/C44H47N7O8/c1-48-12-14-49(15-13-48)31-9-7-29(8-10-31)30-19-33-25-47-37-23-41(39(57-3)21-35(37)43(53)51(33)27-30)59-17-5-16-58-40-22-36-34(20-38(40)56-2)42(52)50-26-28(18-32(50)24-46-36)6-4-11-45-44(54)55/h4,6-10,20-27,32-33,45H,5,11-19H2,1-3H3,(H,54,55)/t32-,33-/m0/s1. The first-order chi connectivity index (χ1) is 28.7. The van der Waals surface area contributed by atoms with Crippen LogP contribution in [0.15, 0.2) is 88.6 Å². The van der Waals surface area contributed by atoms with E-state index < -0.39 is 6.09 Å². The van der Waals surface area contributed by atoms with Gasteiger partial charge in [0.1, 0.15) is 0 Å². The van der Waals surface area contributed by atoms with E-state index in [0.717, 1.165) is 42.9 Å². The summed E-state index contributed by atoms with van der Waals surface area (Å²) < 4.78 is 23.5. The predicted molar refractivity (Wildman–Crippen MR) is 224 cm³/mol. The molecule has 5 aliphatic rings. The van der Waals surface area contributed by atoms with Crippen LogP contribution in [0.4, 0.5) is 21.9 Å². The molecular formula is C44H47N7O8. The van der Waals surface area contributed by atoms with Crippen molar-refractivity contribution in [3.8, 4) is 23.0 Å². The van der Waals surface area contributed by atoms with Gasteiger partial charge in [-0.25, -0.2) is 4.79 Å². The van der Waals surface area contributed by atoms with Gasteiger partial charge in [0, 0.05) is 88.2 Å². The number of carbonyl (C=O) groups excluding carboxylic acids is 2. The van der Waals surface area contributed by atoms with E-state index in [1.54, 1.807) is 65.7 Å². The molecule has 0 saturated carbocycles. The number of allylic oxidation sites excluding steroid dienone is 1. The van der Waals surface area contributed by atoms with Crippen molar-refractivity contribution in [1.82, 2.24) is 20.0 Å². The Hall–Kier alpha value is -6.61. The van der Waals surface area contributed by atoms with Crippen molar-refractivity contribution < 1.29 is 38.4 Å². The number of carboxylic acid groups (broad SMARTS) is 1. The highest BCUT2D eigenvalue weighted by molar-refractivity contribution is 6.06. The molecule has 5 aliphatic heterocycles. The van der Waals surface area contributed by atoms with Crippen molar-refractivity contribution >= 4 is 53.0 Å². The maximum atomic E-state index is 13.9. The van der Waals surface area contributed by atoms with Crippen LogP contribution in [0, 0.1) is 0 Å². The number of likely N-dealkylation sites (N-methyl/N-ethyl adjacent to an activating group) is 1. The van der Waals surface area contributed by atoms with Gasteiger partial charge < -0.3 is 49.0 Å². The number of piperazine rings is 1. The lowest BCUT2D eigenvalue weighted by Crippen LogP contribution is -2.44. The molecule has 306 valence electrons. The smallest absolute Gasteiger partial charge is 0.404 e. The number of hydrogen-bond acceptors (Lipinski definition) is 11. The summed E-state index contributed by atoms with van der Waals surface area (Å²) in [6, 6.07) is 14.9. The number of amides is 3. The number of methoxy groups -OCH3 is 2. The van der Waals surface area contributed by atoms with E-state index in [9.17, 15) is 14.4 Å². The van der Waals surface area contributed by atoms with E-state index in [1.807, 2.05) is 12.4 Å². The normalized spacial score (nSPS) is 19.7. The Bertz CT molecular complexity index is 2280. The Kier molecular flexibility index (Phi) is 11.4. The zero-order valence-corrected chi connectivity index (χ0v) is 33.3. The Balaban J connectivity index is 0.876. The van der Waals surface area contributed by atoms with E-state index in [2.05, 4.69) is 51.4 Å². The van der Waals surface area contributed by atoms with E-state index in [1.165, 1.54) is 12.8 Å². The Labute approximate surface area is 342 Å². The summed E-state index contributed by atoms with van der Waals surface area (Å²) in [4.78, 5) is 55.7. The third kappa shape index (κ3) is 8.37. The lowest BCUT2D eigenvalue weighted by Gasteiger charge is -2.34. The number of fused-ring (bicyclic) bond motifs is 4. The predicted octanol–water partition coefficient (Wildman–Crippen LogP) is 5.91. The fourth-order valence-electron chi connectivity index (χ4n) is 7.82. The van der Waals surface area contributed by atoms with Crippen molar-refractivity contribution in [3.05, 3.63) is 95.3 Å². The molecule has 0 aliphatic carbocycles. The van der Waals surface area contributed by atoms with Crippen LogP contribution in [-0.2, 0) is 0 Å². The van der Waals surface area contributed by atoms with Crippen molar-refractivity contribution in [2.45, 2.75) is 31.3 Å². The van der Waals surface area contributed by atoms with Gasteiger partial charge in [0.15, 0.2) is 23.0 Å². The van der Waals surface area contributed by atoms with Gasteiger partial charge in [-0.3, -0.25) is 19.6 Å². The third-order valence-electron chi connectivity index (χ3n) is 11.1. The topological polar surface area (TPSA) is 158 Å². The molecular weight excluding hydrogens is 755 g/mol. The summed E-state index contributed by atoms with van der Waals surface area (Å²) in [5, 5.41) is 11.1. The van der Waals surface area contributed by atoms with Gasteiger partial charge in [0.2, 0.25) is 0 Å². The monoisotopic (exact) mass is 801 g/mol. The first-order valence-electron chi connectivity index (χ1n) is 19.7. The number of nitrogens with zero attached hydrogens (tertiary/aromatic N) is 6. The Morgan fingerprint density at radius 1 is 0.797 bits per heavy atom. The molecule has 0 bridgehead atoms. The van der Waals surface area contributed by atoms with Gasteiger partial charge in [-0.15, -0.1) is 0 Å². The molecule has 3 aromatic rings. The minimum Gasteiger partial charge on any atom is -0.493 e. The highest BCUT2D eigenvalue weighted by Crippen LogP contribution is 2.41. The van der Waals surface area contributed by atoms with E-state index in [0.29, 0.717) is 64.8 Å². The second-order valence-corrected chi connectivity index (χ2v) is 14.9. The van der Waals surface area contributed by atoms with Gasteiger partial charge in [-0.2, -0.15) is 0 Å². The molecule has 5 heterocycles. The molecule has 3 amide bonds. The van der Waals surface area contributed by atoms with E-state index in [-0.39, 0.29) is 43.7 Å². The fourth-order valence-corrected chi connectivity index (χ4v) is 7.82. The van der Waals surface area contributed by atoms with Crippen LogP contribution >= 0.6 is 0 Å². The van der Waals surface area contributed by atoms with Gasteiger partial charge in [-0.1, -0.05) is 24.3 Å². The van der Waals surface area contributed by atoms with E-state index in [4.69, 9.17) is 29.0 Å². The first-order valence-corrected chi connectivity index (χ1v) is 19.7. The van der Waals surface area contributed by atoms with Crippen molar-refractivity contribution in [2.75, 3.05) is 72.1 Å². The molecule has 0 radical (unpaired) electrons. The molecule has 15 heteroatoms. The third-order valence-corrected chi connectivity index (χ3v) is 11.1. The molecule has 0 spiro atoms. The summed E-state index contributed by atoms with van der Waals surface area (Å²) >= 11 is 0. The number of nitrogens with one attached hydrogen (secondary N) is 1. The molecule has 15 nitrogen and oxygen atoms in total. The molecule has 3 aromatic carbocycles. The quantitative estimate of drug-likeness (QED) is 0.199. The van der Waals surface area contributed by atoms with Gasteiger partial charge in [0.05, 0.1) is 62.0 Å². The minimum atomic E-state index is -1.10. The molecule has 2 N–H and O–H groups in total. The van der Waals surface area contributed by atoms with Gasteiger partial charge in [0.25, 0.3) is 11.8 Å². The van der Waals surface area contributed by atoms with Crippen molar-refractivity contribution in [3.63, 3.8) is 0 Å². The number of carbonyl (C=O) groups is 3. The SMILES string of the molecule is COc1cc2c(cc1OCCCOc1cc3c(cc1OC)C(=O)N1C=C(c4ccc(N5CCN(C)CC5)cc4)C[C@H]1C=N3)N=C[C@@H]1CC(C=CCNC(=O)O)=CN1C2=O. The summed E-state index contributed by atoms with van der Waals surface area (Å²) in [6.45, 7) is 4.86. The van der Waals surface area contributed by atoms with Gasteiger partial charge in [-0.05, 0) is 54.4 Å². The number of anilines is 1. The molecule has 8 rings (SSSR count). The van der Waals surface area contributed by atoms with E-state index >= 15 is 0 Å². The van der Waals surface area contributed by atoms with Crippen LogP contribution in [0.1, 0.15) is 45.5 Å². The number of benzene rings is 3. The van der Waals surface area contributed by atoms with Crippen LogP contribution in [-0.4, -0.2) is 129 Å². The highest BCUT2D eigenvalue weighted by atomic mass is 16.5. The first kappa shape index (κ1) is 39.2. The molecule has 0 unspecified atom stereocenters. The summed E-state index contributed by atoms with van der Waals surface area (Å²) in [5.41, 5.74) is 6.10. The summed E-state index contributed by atoms with van der Waals surface area (Å²) in [7, 11) is 5.21. The maximum Gasteiger partial charge on any atom is 0.404 e. The summed E-state index contributed by atoms with van der Waals surface area (Å²) in [6.07, 6.45) is 11.4. The maximum absolute atomic E-state index is 13.9. The second-order valence-electron chi connectivity index (χ2n) is 14.9. The largest absolute Gasteiger partial charge is 0.493 e. The molecule has 1 saturated heterocycles. The van der Waals surface area contributed by atoms with Gasteiger partial charge >= 0.3 is 6.09 Å². The summed E-state index contributed by atoms with van der Waals surface area (Å²) in [5.74, 6) is 1.36. The average molecular weight is 802 g/mol. The number of ether oxygens (including phenoxy) is 4. The molecule has 2 atom stereocenters. The lowest BCUT2D eigenvalue weighted by atomic mass is 10.0. The zero-order chi connectivity index (χ0) is 41.0. The van der Waals surface area contributed by atoms with Crippen molar-refractivity contribution in [1.29, 1.82) is 0 Å². The molecule has 59 heavy (non-hydrogen) atoms. The van der Waals surface area contributed by atoms with Crippen LogP contribution in [0.5, 0.6) is 23.0 Å². The van der Waals surface area contributed by atoms with Crippen molar-refractivity contribution in [2.24, 2.45) is 9.98 Å².